The zero-order valence-corrected chi connectivity index (χ0v) is 15.6. The highest BCUT2D eigenvalue weighted by Crippen LogP contribution is 2.25. The van der Waals surface area contributed by atoms with Crippen molar-refractivity contribution < 1.29 is 13.6 Å². The Kier molecular flexibility index (Phi) is 7.57. The lowest BCUT2D eigenvalue weighted by atomic mass is 10.1. The number of hydrogen-bond donors (Lipinski definition) is 2. The van der Waals surface area contributed by atoms with E-state index in [0.717, 1.165) is 11.7 Å². The number of aromatic nitrogens is 2. The molecule has 2 N–H and O–H groups in total. The standard InChI is InChI=1S/C16H20F2N4OS2/c1-10(2)8-20-15-21-22-16(25-15)24-9-14(23)19-7-6-11-12(17)4-3-5-13(11)18/h3-5,10H,6-9H2,1-2H3,(H,19,23)(H,20,21). The number of carbonyl (C=O) groups excluding carboxylic acids is 1. The van der Waals surface area contributed by atoms with Gasteiger partial charge in [-0.05, 0) is 24.5 Å². The van der Waals surface area contributed by atoms with Crippen LogP contribution in [0.2, 0.25) is 0 Å². The van der Waals surface area contributed by atoms with E-state index in [0.29, 0.717) is 10.3 Å². The molecule has 9 heteroatoms. The maximum Gasteiger partial charge on any atom is 0.230 e. The highest BCUT2D eigenvalue weighted by molar-refractivity contribution is 8.01. The van der Waals surface area contributed by atoms with E-state index in [9.17, 15) is 13.6 Å². The Balaban J connectivity index is 1.70. The summed E-state index contributed by atoms with van der Waals surface area (Å²) in [4.78, 5) is 11.8. The number of nitrogens with zero attached hydrogens (tertiary/aromatic N) is 2. The molecule has 2 aromatic rings. The summed E-state index contributed by atoms with van der Waals surface area (Å²) in [6, 6.07) is 3.72. The number of benzene rings is 1. The van der Waals surface area contributed by atoms with Gasteiger partial charge in [0.25, 0.3) is 0 Å². The molecule has 0 aliphatic heterocycles. The van der Waals surface area contributed by atoms with Crippen LogP contribution in [0.4, 0.5) is 13.9 Å². The summed E-state index contributed by atoms with van der Waals surface area (Å²) < 4.78 is 27.7. The van der Waals surface area contributed by atoms with E-state index in [1.165, 1.54) is 41.3 Å². The first-order valence-corrected chi connectivity index (χ1v) is 9.65. The number of thioether (sulfide) groups is 1. The molecule has 0 atom stereocenters. The van der Waals surface area contributed by atoms with Crippen molar-refractivity contribution in [2.75, 3.05) is 24.2 Å². The van der Waals surface area contributed by atoms with Crippen molar-refractivity contribution in [1.82, 2.24) is 15.5 Å². The summed E-state index contributed by atoms with van der Waals surface area (Å²) in [5, 5.41) is 14.6. The van der Waals surface area contributed by atoms with Crippen LogP contribution in [0, 0.1) is 17.6 Å². The van der Waals surface area contributed by atoms with Crippen molar-refractivity contribution in [3.05, 3.63) is 35.4 Å². The molecule has 0 fully saturated rings. The van der Waals surface area contributed by atoms with Crippen LogP contribution < -0.4 is 10.6 Å². The van der Waals surface area contributed by atoms with Crippen LogP contribution in [0.1, 0.15) is 19.4 Å². The van der Waals surface area contributed by atoms with Gasteiger partial charge in [-0.1, -0.05) is 43.0 Å². The first-order valence-electron chi connectivity index (χ1n) is 7.85. The lowest BCUT2D eigenvalue weighted by Crippen LogP contribution is -2.27. The molecule has 1 aromatic heterocycles. The second kappa shape index (κ2) is 9.67. The first kappa shape index (κ1) is 19.6. The molecule has 0 unspecified atom stereocenters. The van der Waals surface area contributed by atoms with Gasteiger partial charge in [0.1, 0.15) is 11.6 Å². The Hall–Kier alpha value is -1.74. The van der Waals surface area contributed by atoms with Gasteiger partial charge in [0.2, 0.25) is 11.0 Å². The fourth-order valence-electron chi connectivity index (χ4n) is 1.91. The molecule has 1 heterocycles. The van der Waals surface area contributed by atoms with Crippen LogP contribution in [0.3, 0.4) is 0 Å². The predicted octanol–water partition coefficient (Wildman–Crippen LogP) is 3.34. The SMILES string of the molecule is CC(C)CNc1nnc(SCC(=O)NCCc2c(F)cccc2F)s1. The topological polar surface area (TPSA) is 66.9 Å². The van der Waals surface area contributed by atoms with E-state index >= 15 is 0 Å². The Labute approximate surface area is 153 Å². The maximum atomic E-state index is 13.5. The minimum atomic E-state index is -0.598. The number of amides is 1. The molecule has 0 bridgehead atoms. The van der Waals surface area contributed by atoms with Gasteiger partial charge >= 0.3 is 0 Å². The van der Waals surface area contributed by atoms with E-state index in [-0.39, 0.29) is 30.2 Å². The molecule has 2 rings (SSSR count). The molecule has 0 saturated carbocycles. The van der Waals surface area contributed by atoms with Gasteiger partial charge in [-0.25, -0.2) is 8.78 Å². The first-order chi connectivity index (χ1) is 12.0. The van der Waals surface area contributed by atoms with Gasteiger partial charge in [0, 0.05) is 18.7 Å². The normalized spacial score (nSPS) is 10.9. The number of rotatable bonds is 9. The van der Waals surface area contributed by atoms with Gasteiger partial charge in [-0.15, -0.1) is 10.2 Å². The number of carbonyl (C=O) groups is 1. The highest BCUT2D eigenvalue weighted by atomic mass is 32.2. The third-order valence-corrected chi connectivity index (χ3v) is 5.17. The molecule has 0 saturated heterocycles. The Morgan fingerprint density at radius 3 is 2.68 bits per heavy atom. The van der Waals surface area contributed by atoms with Crippen molar-refractivity contribution in [1.29, 1.82) is 0 Å². The molecular formula is C16H20F2N4OS2. The molecule has 0 aliphatic carbocycles. The zero-order valence-electron chi connectivity index (χ0n) is 14.0. The molecule has 25 heavy (non-hydrogen) atoms. The lowest BCUT2D eigenvalue weighted by molar-refractivity contribution is -0.118. The van der Waals surface area contributed by atoms with Gasteiger partial charge in [0.15, 0.2) is 4.34 Å². The summed E-state index contributed by atoms with van der Waals surface area (Å²) in [7, 11) is 0. The molecular weight excluding hydrogens is 366 g/mol. The van der Waals surface area contributed by atoms with Gasteiger partial charge in [-0.2, -0.15) is 0 Å². The average Bonchev–Trinajstić information content (AvgIpc) is 3.02. The molecule has 0 radical (unpaired) electrons. The molecule has 5 nitrogen and oxygen atoms in total. The largest absolute Gasteiger partial charge is 0.360 e. The van der Waals surface area contributed by atoms with Gasteiger partial charge < -0.3 is 10.6 Å². The Morgan fingerprint density at radius 1 is 1.28 bits per heavy atom. The number of nitrogens with one attached hydrogen (secondary N) is 2. The lowest BCUT2D eigenvalue weighted by Gasteiger charge is -2.06. The summed E-state index contributed by atoms with van der Waals surface area (Å²) >= 11 is 2.67. The van der Waals surface area contributed by atoms with Crippen molar-refractivity contribution in [2.45, 2.75) is 24.6 Å². The van der Waals surface area contributed by atoms with Gasteiger partial charge in [-0.3, -0.25) is 4.79 Å². The number of halogens is 2. The molecule has 1 aromatic carbocycles. The summed E-state index contributed by atoms with van der Waals surface area (Å²) in [5.74, 6) is -0.727. The van der Waals surface area contributed by atoms with Crippen LogP contribution in [-0.2, 0) is 11.2 Å². The third-order valence-electron chi connectivity index (χ3n) is 3.15. The van der Waals surface area contributed by atoms with E-state index in [1.54, 1.807) is 0 Å². The molecule has 0 aliphatic rings. The predicted molar refractivity (Wildman–Crippen MR) is 97.0 cm³/mol. The van der Waals surface area contributed by atoms with E-state index < -0.39 is 11.6 Å². The third kappa shape index (κ3) is 6.58. The van der Waals surface area contributed by atoms with E-state index in [1.807, 2.05) is 0 Å². The average molecular weight is 386 g/mol. The van der Waals surface area contributed by atoms with Gasteiger partial charge in [0.05, 0.1) is 5.75 Å². The maximum absolute atomic E-state index is 13.5. The molecule has 1 amide bonds. The molecule has 136 valence electrons. The summed E-state index contributed by atoms with van der Waals surface area (Å²) in [6.45, 7) is 5.18. The Morgan fingerprint density at radius 2 is 2.00 bits per heavy atom. The fourth-order valence-corrected chi connectivity index (χ4v) is 3.50. The van der Waals surface area contributed by atoms with E-state index in [4.69, 9.17) is 0 Å². The zero-order chi connectivity index (χ0) is 18.2. The van der Waals surface area contributed by atoms with Crippen molar-refractivity contribution in [3.8, 4) is 0 Å². The number of hydrogen-bond acceptors (Lipinski definition) is 6. The minimum Gasteiger partial charge on any atom is -0.360 e. The minimum absolute atomic E-state index is 0.0135. The summed E-state index contributed by atoms with van der Waals surface area (Å²) in [6.07, 6.45) is 0.108. The number of anilines is 1. The van der Waals surface area contributed by atoms with Crippen LogP contribution in [-0.4, -0.2) is 34.9 Å². The van der Waals surface area contributed by atoms with Crippen molar-refractivity contribution >= 4 is 34.1 Å². The second-order valence-electron chi connectivity index (χ2n) is 5.74. The second-order valence-corrected chi connectivity index (χ2v) is 7.94. The van der Waals surface area contributed by atoms with E-state index in [2.05, 4.69) is 34.7 Å². The van der Waals surface area contributed by atoms with Crippen LogP contribution in [0.25, 0.3) is 0 Å². The fraction of sp³-hybridized carbons (Fsp3) is 0.438. The van der Waals surface area contributed by atoms with Crippen molar-refractivity contribution in [3.63, 3.8) is 0 Å². The molecule has 0 spiro atoms. The van der Waals surface area contributed by atoms with Crippen LogP contribution in [0.15, 0.2) is 22.5 Å². The smallest absolute Gasteiger partial charge is 0.230 e. The quantitative estimate of drug-likeness (QED) is 0.647. The monoisotopic (exact) mass is 386 g/mol. The van der Waals surface area contributed by atoms with Crippen LogP contribution >= 0.6 is 23.1 Å². The van der Waals surface area contributed by atoms with Crippen LogP contribution in [0.5, 0.6) is 0 Å². The highest BCUT2D eigenvalue weighted by Gasteiger charge is 2.10. The van der Waals surface area contributed by atoms with Crippen molar-refractivity contribution in [2.24, 2.45) is 5.92 Å². The Bertz CT molecular complexity index is 689. The summed E-state index contributed by atoms with van der Waals surface area (Å²) in [5.41, 5.74) is -0.0135.